The van der Waals surface area contributed by atoms with E-state index in [1.165, 1.54) is 23.5 Å². The molecule has 7 nitrogen and oxygen atoms in total. The maximum Gasteiger partial charge on any atom is 0.416 e. The molecule has 1 aromatic carbocycles. The summed E-state index contributed by atoms with van der Waals surface area (Å²) in [4.78, 5) is 4.00. The van der Waals surface area contributed by atoms with Crippen LogP contribution in [0.4, 0.5) is 13.2 Å². The molecule has 0 bridgehead atoms. The summed E-state index contributed by atoms with van der Waals surface area (Å²) in [6.45, 7) is 4.73. The number of aliphatic imine (C=N–C) groups is 1. The molecule has 2 atom stereocenters. The van der Waals surface area contributed by atoms with Gasteiger partial charge < -0.3 is 15.4 Å². The van der Waals surface area contributed by atoms with E-state index in [1.54, 1.807) is 0 Å². The Hall–Kier alpha value is -1.12. The fraction of sp³-hybridized carbons (Fsp3) is 0.611. The van der Waals surface area contributed by atoms with Gasteiger partial charge in [-0.25, -0.2) is 8.42 Å². The van der Waals surface area contributed by atoms with Crippen molar-refractivity contribution in [1.82, 2.24) is 14.9 Å². The van der Waals surface area contributed by atoms with Crippen molar-refractivity contribution in [3.63, 3.8) is 0 Å². The monoisotopic (exact) mass is 564 g/mol. The van der Waals surface area contributed by atoms with Crippen LogP contribution in [0.2, 0.25) is 0 Å². The fourth-order valence-corrected chi connectivity index (χ4v) is 4.50. The number of sulfonamides is 1. The second kappa shape index (κ2) is 11.5. The number of alkyl halides is 3. The van der Waals surface area contributed by atoms with Crippen molar-refractivity contribution >= 4 is 40.0 Å². The van der Waals surface area contributed by atoms with Gasteiger partial charge in [0.15, 0.2) is 5.96 Å². The molecule has 2 N–H and O–H groups in total. The molecule has 1 aliphatic heterocycles. The molecule has 1 saturated heterocycles. The van der Waals surface area contributed by atoms with Gasteiger partial charge in [0.05, 0.1) is 23.5 Å². The Labute approximate surface area is 192 Å². The molecule has 0 aromatic heterocycles. The van der Waals surface area contributed by atoms with Gasteiger partial charge in [-0.15, -0.1) is 24.0 Å². The molecule has 30 heavy (non-hydrogen) atoms. The van der Waals surface area contributed by atoms with Gasteiger partial charge in [0.1, 0.15) is 0 Å². The van der Waals surface area contributed by atoms with Crippen LogP contribution in [0.25, 0.3) is 0 Å². The highest BCUT2D eigenvalue weighted by Crippen LogP contribution is 2.29. The molecule has 0 saturated carbocycles. The van der Waals surface area contributed by atoms with E-state index in [4.69, 9.17) is 4.74 Å². The Kier molecular flexibility index (Phi) is 10.3. The van der Waals surface area contributed by atoms with Crippen molar-refractivity contribution in [3.05, 3.63) is 35.4 Å². The zero-order chi connectivity index (χ0) is 21.7. The van der Waals surface area contributed by atoms with Gasteiger partial charge in [0.25, 0.3) is 0 Å². The third kappa shape index (κ3) is 8.19. The van der Waals surface area contributed by atoms with Gasteiger partial charge in [0.2, 0.25) is 10.0 Å². The number of rotatable bonds is 6. The quantitative estimate of drug-likeness (QED) is 0.315. The van der Waals surface area contributed by atoms with Gasteiger partial charge in [-0.3, -0.25) is 4.99 Å². The molecule has 0 amide bonds. The van der Waals surface area contributed by atoms with Crippen molar-refractivity contribution in [3.8, 4) is 0 Å². The zero-order valence-corrected chi connectivity index (χ0v) is 20.2. The van der Waals surface area contributed by atoms with Gasteiger partial charge in [-0.05, 0) is 31.5 Å². The summed E-state index contributed by atoms with van der Waals surface area (Å²) >= 11 is 0. The van der Waals surface area contributed by atoms with Crippen LogP contribution in [0.1, 0.15) is 25.0 Å². The Balaban J connectivity index is 0.00000450. The number of nitrogens with zero attached hydrogens (tertiary/aromatic N) is 2. The number of guanidine groups is 1. The Morgan fingerprint density at radius 1 is 1.17 bits per heavy atom. The predicted molar refractivity (Wildman–Crippen MR) is 120 cm³/mol. The van der Waals surface area contributed by atoms with Crippen molar-refractivity contribution in [1.29, 1.82) is 0 Å². The molecular weight excluding hydrogens is 536 g/mol. The average molecular weight is 564 g/mol. The summed E-state index contributed by atoms with van der Waals surface area (Å²) in [7, 11) is -1.91. The highest BCUT2D eigenvalue weighted by atomic mass is 127. The summed E-state index contributed by atoms with van der Waals surface area (Å²) in [5, 5.41) is 5.87. The van der Waals surface area contributed by atoms with E-state index in [2.05, 4.69) is 15.6 Å². The number of hydrogen-bond acceptors (Lipinski definition) is 4. The minimum Gasteiger partial charge on any atom is -0.373 e. The minimum absolute atomic E-state index is 0. The molecular formula is C18H28F3IN4O3S. The highest BCUT2D eigenvalue weighted by molar-refractivity contribution is 14.0. The molecule has 0 spiro atoms. The molecule has 0 radical (unpaired) electrons. The largest absolute Gasteiger partial charge is 0.416 e. The summed E-state index contributed by atoms with van der Waals surface area (Å²) in [5.41, 5.74) is -0.0643. The van der Waals surface area contributed by atoms with Crippen LogP contribution in [-0.4, -0.2) is 63.3 Å². The second-order valence-corrected chi connectivity index (χ2v) is 9.03. The summed E-state index contributed by atoms with van der Waals surface area (Å²) in [6.07, 6.45) is -4.68. The lowest BCUT2D eigenvalue weighted by Crippen LogP contribution is -2.50. The van der Waals surface area contributed by atoms with Crippen LogP contribution in [0, 0.1) is 0 Å². The molecule has 172 valence electrons. The first-order chi connectivity index (χ1) is 13.5. The molecule has 1 aliphatic rings. The normalized spacial score (nSPS) is 21.1. The number of nitrogens with one attached hydrogen (secondary N) is 2. The molecule has 0 aliphatic carbocycles. The fourth-order valence-electron chi connectivity index (χ4n) is 3.00. The maximum atomic E-state index is 12.6. The van der Waals surface area contributed by atoms with Crippen molar-refractivity contribution in [2.75, 3.05) is 32.4 Å². The van der Waals surface area contributed by atoms with E-state index >= 15 is 0 Å². The third-order valence-electron chi connectivity index (χ3n) is 4.40. The van der Waals surface area contributed by atoms with Crippen LogP contribution in [-0.2, 0) is 27.5 Å². The summed E-state index contributed by atoms with van der Waals surface area (Å²) in [5.74, 6) is 0.261. The van der Waals surface area contributed by atoms with E-state index in [0.29, 0.717) is 24.6 Å². The number of hydrogen-bond donors (Lipinski definition) is 2. The van der Waals surface area contributed by atoms with Crippen molar-refractivity contribution < 1.29 is 26.3 Å². The van der Waals surface area contributed by atoms with Crippen LogP contribution < -0.4 is 10.6 Å². The molecule has 1 aromatic rings. The van der Waals surface area contributed by atoms with Crippen LogP contribution >= 0.6 is 24.0 Å². The number of benzene rings is 1. The maximum absolute atomic E-state index is 12.6. The SMILES string of the molecule is CN=C(NCCS(=O)(=O)N1CC(C)OC(C)C1)NCc1ccc(C(F)(F)F)cc1.I. The van der Waals surface area contributed by atoms with Gasteiger partial charge >= 0.3 is 6.18 Å². The van der Waals surface area contributed by atoms with E-state index in [9.17, 15) is 21.6 Å². The number of halogens is 4. The molecule has 1 fully saturated rings. The smallest absolute Gasteiger partial charge is 0.373 e. The summed E-state index contributed by atoms with van der Waals surface area (Å²) < 4.78 is 69.8. The van der Waals surface area contributed by atoms with E-state index in [-0.39, 0.29) is 55.0 Å². The Morgan fingerprint density at radius 3 is 2.23 bits per heavy atom. The lowest BCUT2D eigenvalue weighted by atomic mass is 10.1. The number of ether oxygens (including phenoxy) is 1. The number of morpholine rings is 1. The van der Waals surface area contributed by atoms with Crippen molar-refractivity contribution in [2.45, 2.75) is 38.8 Å². The molecule has 1 heterocycles. The first kappa shape index (κ1) is 26.9. The second-order valence-electron chi connectivity index (χ2n) is 6.94. The lowest BCUT2D eigenvalue weighted by molar-refractivity contribution is -0.137. The average Bonchev–Trinajstić information content (AvgIpc) is 2.63. The minimum atomic E-state index is -4.37. The third-order valence-corrected chi connectivity index (χ3v) is 6.20. The van der Waals surface area contributed by atoms with Gasteiger partial charge in [0, 0.05) is 33.2 Å². The van der Waals surface area contributed by atoms with E-state index in [0.717, 1.165) is 12.1 Å². The lowest BCUT2D eigenvalue weighted by Gasteiger charge is -2.34. The Morgan fingerprint density at radius 2 is 1.73 bits per heavy atom. The predicted octanol–water partition coefficient (Wildman–Crippen LogP) is 2.43. The standard InChI is InChI=1S/C18H27F3N4O3S.HI/c1-13-11-25(12-14(2)28-13)29(26,27)9-8-23-17(22-3)24-10-15-4-6-16(7-5-15)18(19,20)21;/h4-7,13-14H,8-12H2,1-3H3,(H2,22,23,24);1H. The van der Waals surface area contributed by atoms with Gasteiger partial charge in [-0.1, -0.05) is 12.1 Å². The first-order valence-electron chi connectivity index (χ1n) is 9.25. The van der Waals surface area contributed by atoms with Crippen LogP contribution in [0.15, 0.2) is 29.3 Å². The first-order valence-corrected chi connectivity index (χ1v) is 10.9. The molecule has 2 rings (SSSR count). The molecule has 2 unspecified atom stereocenters. The van der Waals surface area contributed by atoms with E-state index < -0.39 is 21.8 Å². The van der Waals surface area contributed by atoms with Crippen LogP contribution in [0.3, 0.4) is 0 Å². The van der Waals surface area contributed by atoms with Crippen LogP contribution in [0.5, 0.6) is 0 Å². The molecule has 12 heteroatoms. The van der Waals surface area contributed by atoms with Crippen molar-refractivity contribution in [2.24, 2.45) is 4.99 Å². The summed E-state index contributed by atoms with van der Waals surface area (Å²) in [6, 6.07) is 4.80. The van der Waals surface area contributed by atoms with E-state index in [1.807, 2.05) is 13.8 Å². The Bertz CT molecular complexity index is 794. The topological polar surface area (TPSA) is 83.0 Å². The van der Waals surface area contributed by atoms with Gasteiger partial charge in [-0.2, -0.15) is 17.5 Å². The zero-order valence-electron chi connectivity index (χ0n) is 17.1. The highest BCUT2D eigenvalue weighted by Gasteiger charge is 2.31.